The highest BCUT2D eigenvalue weighted by molar-refractivity contribution is 8.00. The average molecular weight is 653 g/mol. The van der Waals surface area contributed by atoms with Crippen molar-refractivity contribution in [1.29, 1.82) is 0 Å². The van der Waals surface area contributed by atoms with Crippen molar-refractivity contribution < 1.29 is 23.5 Å². The molecule has 11 heteroatoms. The molecule has 0 saturated carbocycles. The van der Waals surface area contributed by atoms with Gasteiger partial charge in [-0.15, -0.1) is 23.1 Å². The van der Waals surface area contributed by atoms with E-state index in [4.69, 9.17) is 4.74 Å². The number of methoxy groups -OCH3 is 1. The average Bonchev–Trinajstić information content (AvgIpc) is 3.54. The SMILES string of the molecule is COc1ccccc1-c1csc(NC(=O)C(C)Sc2cccc(NC(=O)/C(=C/c3ccc(F)cc3)NC(=O)c3ccccc3)c2)n1. The van der Waals surface area contributed by atoms with Crippen LogP contribution in [0.25, 0.3) is 17.3 Å². The van der Waals surface area contributed by atoms with E-state index in [2.05, 4.69) is 20.9 Å². The molecule has 0 aliphatic rings. The van der Waals surface area contributed by atoms with Crippen molar-refractivity contribution in [1.82, 2.24) is 10.3 Å². The highest BCUT2D eigenvalue weighted by atomic mass is 32.2. The van der Waals surface area contributed by atoms with Gasteiger partial charge in [0.25, 0.3) is 11.8 Å². The summed E-state index contributed by atoms with van der Waals surface area (Å²) in [7, 11) is 1.60. The molecule has 3 amide bonds. The molecule has 0 aliphatic heterocycles. The smallest absolute Gasteiger partial charge is 0.272 e. The van der Waals surface area contributed by atoms with Crippen molar-refractivity contribution in [3.8, 4) is 17.0 Å². The maximum atomic E-state index is 13.5. The highest BCUT2D eigenvalue weighted by Gasteiger charge is 2.19. The number of carbonyl (C=O) groups is 3. The fourth-order valence-corrected chi connectivity index (χ4v) is 5.93. The monoisotopic (exact) mass is 652 g/mol. The van der Waals surface area contributed by atoms with Crippen LogP contribution in [0.5, 0.6) is 5.75 Å². The number of nitrogens with zero attached hydrogens (tertiary/aromatic N) is 1. The van der Waals surface area contributed by atoms with Gasteiger partial charge in [-0.1, -0.05) is 48.5 Å². The first-order valence-electron chi connectivity index (χ1n) is 14.1. The molecule has 0 bridgehead atoms. The number of thiazole rings is 1. The van der Waals surface area contributed by atoms with E-state index < -0.39 is 22.9 Å². The first-order chi connectivity index (χ1) is 22.3. The Kier molecular flexibility index (Phi) is 10.6. The number of thioether (sulfide) groups is 1. The number of nitrogens with one attached hydrogen (secondary N) is 3. The van der Waals surface area contributed by atoms with Crippen molar-refractivity contribution >= 4 is 57.7 Å². The molecule has 1 unspecified atom stereocenters. The van der Waals surface area contributed by atoms with E-state index in [0.717, 1.165) is 10.5 Å². The lowest BCUT2D eigenvalue weighted by molar-refractivity contribution is -0.115. The second-order valence-electron chi connectivity index (χ2n) is 9.90. The third-order valence-electron chi connectivity index (χ3n) is 6.60. The van der Waals surface area contributed by atoms with Crippen LogP contribution in [0.3, 0.4) is 0 Å². The van der Waals surface area contributed by atoms with E-state index >= 15 is 0 Å². The summed E-state index contributed by atoms with van der Waals surface area (Å²) in [6, 6.07) is 28.6. The van der Waals surface area contributed by atoms with Crippen LogP contribution in [0, 0.1) is 5.82 Å². The molecule has 3 N–H and O–H groups in total. The minimum Gasteiger partial charge on any atom is -0.496 e. The number of rotatable bonds is 11. The van der Waals surface area contributed by atoms with Crippen LogP contribution in [0.4, 0.5) is 15.2 Å². The van der Waals surface area contributed by atoms with E-state index in [1.165, 1.54) is 53.4 Å². The molecule has 1 aromatic heterocycles. The maximum Gasteiger partial charge on any atom is 0.272 e. The molecular formula is C35H29FN4O4S2. The normalized spacial score (nSPS) is 11.8. The Balaban J connectivity index is 1.25. The summed E-state index contributed by atoms with van der Waals surface area (Å²) in [6.07, 6.45) is 1.47. The Morgan fingerprint density at radius 2 is 1.65 bits per heavy atom. The summed E-state index contributed by atoms with van der Waals surface area (Å²) in [5, 5.41) is 10.2. The van der Waals surface area contributed by atoms with Crippen molar-refractivity contribution in [2.45, 2.75) is 17.1 Å². The fraction of sp³-hybridized carbons (Fsp3) is 0.0857. The molecule has 0 radical (unpaired) electrons. The lowest BCUT2D eigenvalue weighted by atomic mass is 10.1. The van der Waals surface area contributed by atoms with E-state index in [0.29, 0.717) is 33.4 Å². The quantitative estimate of drug-likeness (QED) is 0.101. The molecule has 1 heterocycles. The number of aromatic nitrogens is 1. The number of amides is 3. The second-order valence-corrected chi connectivity index (χ2v) is 12.2. The highest BCUT2D eigenvalue weighted by Crippen LogP contribution is 2.33. The predicted molar refractivity (Wildman–Crippen MR) is 181 cm³/mol. The number of anilines is 2. The molecule has 5 aromatic rings. The van der Waals surface area contributed by atoms with Gasteiger partial charge >= 0.3 is 0 Å². The van der Waals surface area contributed by atoms with Crippen molar-refractivity contribution in [2.75, 3.05) is 17.7 Å². The summed E-state index contributed by atoms with van der Waals surface area (Å²) in [4.78, 5) is 44.6. The molecule has 4 aromatic carbocycles. The summed E-state index contributed by atoms with van der Waals surface area (Å²) in [5.41, 5.74) is 2.87. The maximum absolute atomic E-state index is 13.5. The Hall–Kier alpha value is -5.26. The molecule has 1 atom stereocenters. The Morgan fingerprint density at radius 1 is 0.913 bits per heavy atom. The zero-order valence-corrected chi connectivity index (χ0v) is 26.5. The van der Waals surface area contributed by atoms with Crippen LogP contribution >= 0.6 is 23.1 Å². The Morgan fingerprint density at radius 3 is 2.41 bits per heavy atom. The number of ether oxygens (including phenoxy) is 1. The molecule has 232 valence electrons. The van der Waals surface area contributed by atoms with Crippen LogP contribution in [0.1, 0.15) is 22.8 Å². The van der Waals surface area contributed by atoms with Gasteiger partial charge in [0.1, 0.15) is 17.3 Å². The molecule has 0 aliphatic carbocycles. The predicted octanol–water partition coefficient (Wildman–Crippen LogP) is 7.49. The van der Waals surface area contributed by atoms with Crippen LogP contribution in [0.2, 0.25) is 0 Å². The zero-order chi connectivity index (χ0) is 32.5. The number of benzene rings is 4. The van der Waals surface area contributed by atoms with Gasteiger partial charge in [-0.2, -0.15) is 0 Å². The van der Waals surface area contributed by atoms with Gasteiger partial charge in [0.15, 0.2) is 5.13 Å². The van der Waals surface area contributed by atoms with Gasteiger partial charge in [0.2, 0.25) is 5.91 Å². The van der Waals surface area contributed by atoms with Gasteiger partial charge in [0, 0.05) is 27.1 Å². The molecule has 0 spiro atoms. The number of carbonyl (C=O) groups excluding carboxylic acids is 3. The minimum atomic E-state index is -0.573. The summed E-state index contributed by atoms with van der Waals surface area (Å²) in [5.74, 6) is -0.996. The van der Waals surface area contributed by atoms with E-state index in [9.17, 15) is 18.8 Å². The summed E-state index contributed by atoms with van der Waals surface area (Å²) >= 11 is 2.64. The molecule has 5 rings (SSSR count). The second kappa shape index (κ2) is 15.2. The fourth-order valence-electron chi connectivity index (χ4n) is 4.29. The topological polar surface area (TPSA) is 109 Å². The minimum absolute atomic E-state index is 0.0257. The molecule has 46 heavy (non-hydrogen) atoms. The lowest BCUT2D eigenvalue weighted by Gasteiger charge is -2.13. The van der Waals surface area contributed by atoms with Crippen LogP contribution in [-0.2, 0) is 9.59 Å². The Labute approximate surface area is 273 Å². The number of hydrogen-bond acceptors (Lipinski definition) is 7. The zero-order valence-electron chi connectivity index (χ0n) is 24.8. The van der Waals surface area contributed by atoms with Gasteiger partial charge < -0.3 is 20.7 Å². The largest absolute Gasteiger partial charge is 0.496 e. The Bertz CT molecular complexity index is 1880. The van der Waals surface area contributed by atoms with Gasteiger partial charge in [-0.25, -0.2) is 9.37 Å². The first-order valence-corrected chi connectivity index (χ1v) is 15.9. The molecular weight excluding hydrogens is 624 g/mol. The van der Waals surface area contributed by atoms with Crippen molar-refractivity contribution in [3.63, 3.8) is 0 Å². The number of hydrogen-bond donors (Lipinski definition) is 3. The molecule has 0 saturated heterocycles. The van der Waals surface area contributed by atoms with E-state index in [1.807, 2.05) is 35.7 Å². The number of halogens is 1. The summed E-state index contributed by atoms with van der Waals surface area (Å²) in [6.45, 7) is 1.78. The number of para-hydroxylation sites is 1. The standard InChI is InChI=1S/C35H29FN4O4S2/c1-22(32(41)40-35-39-30(21-45-35)28-13-6-7-14-31(28)44-2)46-27-12-8-11-26(20-27)37-34(43)29(19-23-15-17-25(36)18-16-23)38-33(42)24-9-4-3-5-10-24/h3-22H,1-2H3,(H,37,43)(H,38,42)(H,39,40,41)/b29-19-. The van der Waals surface area contributed by atoms with Gasteiger partial charge in [-0.05, 0) is 73.2 Å². The summed E-state index contributed by atoms with van der Waals surface area (Å²) < 4.78 is 18.9. The van der Waals surface area contributed by atoms with Crippen LogP contribution < -0.4 is 20.7 Å². The van der Waals surface area contributed by atoms with Crippen molar-refractivity contribution in [2.24, 2.45) is 0 Å². The van der Waals surface area contributed by atoms with Crippen LogP contribution in [0.15, 0.2) is 119 Å². The third kappa shape index (κ3) is 8.46. The van der Waals surface area contributed by atoms with E-state index in [-0.39, 0.29) is 11.6 Å². The first kappa shape index (κ1) is 32.1. The molecule has 0 fully saturated rings. The van der Waals surface area contributed by atoms with Crippen LogP contribution in [-0.4, -0.2) is 35.1 Å². The van der Waals surface area contributed by atoms with Crippen molar-refractivity contribution in [3.05, 3.63) is 131 Å². The van der Waals surface area contributed by atoms with E-state index in [1.54, 1.807) is 62.6 Å². The molecule has 8 nitrogen and oxygen atoms in total. The third-order valence-corrected chi connectivity index (χ3v) is 8.45. The lowest BCUT2D eigenvalue weighted by Crippen LogP contribution is -2.30. The van der Waals surface area contributed by atoms with Gasteiger partial charge in [-0.3, -0.25) is 14.4 Å². The van der Waals surface area contributed by atoms with Gasteiger partial charge in [0.05, 0.1) is 18.1 Å².